The Labute approximate surface area is 805 Å². The van der Waals surface area contributed by atoms with Gasteiger partial charge in [-0.25, -0.2) is 65.0 Å². The fraction of sp³-hybridized carbons (Fsp3) is 0.204. The van der Waals surface area contributed by atoms with E-state index in [1.54, 1.807) is 30.3 Å². The van der Waals surface area contributed by atoms with E-state index in [1.165, 1.54) is 88.3 Å². The maximum Gasteiger partial charge on any atom is 0.490 e. The molecule has 4 aromatic heterocycles. The molecule has 6 N–H and O–H groups in total. The number of carbonyl (C=O) groups is 6. The zero-order chi connectivity index (χ0) is 103. The number of aromatic nitrogens is 8. The molecule has 0 radical (unpaired) electrons. The molecule has 0 bridgehead atoms. The number of aryl methyl sites for hydroxylation is 2. The number of hydrogen-bond donors (Lipinski definition) is 6. The van der Waals surface area contributed by atoms with Gasteiger partial charge in [-0.1, -0.05) is 37.1 Å². The summed E-state index contributed by atoms with van der Waals surface area (Å²) in [5.74, 6) is -5.97. The van der Waals surface area contributed by atoms with Gasteiger partial charge < -0.3 is 50.9 Å². The molecule has 5 aliphatic heterocycles. The minimum absolute atomic E-state index is 0.00989. The number of halogens is 18. The third-order valence-electron chi connectivity index (χ3n) is 22.3. The molecule has 0 atom stereocenters. The summed E-state index contributed by atoms with van der Waals surface area (Å²) in [7, 11) is 2.99. The first-order valence-electron chi connectivity index (χ1n) is 43.1. The van der Waals surface area contributed by atoms with Gasteiger partial charge in [0.25, 0.3) is 23.6 Å². The number of nitrogens with zero attached hydrogens (tertiary/aromatic N) is 13. The van der Waals surface area contributed by atoms with E-state index in [1.807, 2.05) is 24.3 Å². The first-order valence-corrected chi connectivity index (χ1v) is 43.4. The number of carboxylic acids is 1. The lowest BCUT2D eigenvalue weighted by Gasteiger charge is -2.30. The summed E-state index contributed by atoms with van der Waals surface area (Å²) in [6, 6.07) is 38.2. The number of anilines is 5. The number of piperazine rings is 1. The van der Waals surface area contributed by atoms with Crippen molar-refractivity contribution in [2.75, 3.05) is 66.6 Å². The van der Waals surface area contributed by atoms with Crippen molar-refractivity contribution in [2.45, 2.75) is 90.4 Å². The van der Waals surface area contributed by atoms with E-state index in [-0.39, 0.29) is 162 Å². The Morgan fingerprint density at radius 3 is 1.03 bits per heavy atom. The van der Waals surface area contributed by atoms with Crippen LogP contribution in [0.25, 0.3) is 45.0 Å². The van der Waals surface area contributed by atoms with Crippen LogP contribution in [0.5, 0.6) is 11.5 Å². The van der Waals surface area contributed by atoms with E-state index in [4.69, 9.17) is 26.2 Å². The highest BCUT2D eigenvalue weighted by Gasteiger charge is 2.43. The van der Waals surface area contributed by atoms with Gasteiger partial charge in [-0.15, -0.1) is 52.7 Å². The average molecular weight is 2010 g/mol. The van der Waals surface area contributed by atoms with Gasteiger partial charge in [-0.05, 0) is 183 Å². The molecular formula is C98H78ClF17N18O9. The van der Waals surface area contributed by atoms with E-state index in [0.717, 1.165) is 129 Å². The second kappa shape index (κ2) is 43.6. The molecule has 12 aromatic rings. The van der Waals surface area contributed by atoms with Crippen molar-refractivity contribution in [1.82, 2.24) is 43.5 Å². The van der Waals surface area contributed by atoms with Crippen molar-refractivity contribution in [1.29, 1.82) is 0 Å². The monoisotopic (exact) mass is 2010 g/mol. The van der Waals surface area contributed by atoms with Crippen LogP contribution in [0.2, 0.25) is 5.02 Å². The second-order valence-corrected chi connectivity index (χ2v) is 32.4. The molecule has 9 heterocycles. The molecule has 0 unspecified atom stereocenters. The summed E-state index contributed by atoms with van der Waals surface area (Å²) in [5.41, 5.74) is 3.26. The zero-order valence-electron chi connectivity index (χ0n) is 75.1. The normalized spacial score (nSPS) is 14.0. The molecule has 4 amide bonds. The van der Waals surface area contributed by atoms with Crippen LogP contribution < -0.4 is 41.0 Å². The predicted octanol–water partition coefficient (Wildman–Crippen LogP) is 20.9. The number of Topliss-reactive ketones (excluding diaryl/α,β-unsaturated/α-hetero) is 1. The Bertz CT molecular complexity index is 7150. The number of amides is 4. The summed E-state index contributed by atoms with van der Waals surface area (Å²) in [5, 5.41) is 22.8. The van der Waals surface area contributed by atoms with Gasteiger partial charge in [0.05, 0.1) is 116 Å². The van der Waals surface area contributed by atoms with Gasteiger partial charge in [0.1, 0.15) is 71.7 Å². The van der Waals surface area contributed by atoms with Crippen LogP contribution >= 0.6 is 11.6 Å². The topological polar surface area (TPSA) is 325 Å². The van der Waals surface area contributed by atoms with Crippen LogP contribution in [0.15, 0.2) is 262 Å². The largest absolute Gasteiger partial charge is 0.495 e. The number of alkyl halides is 12. The number of ether oxygens (including phenoxy) is 2. The van der Waals surface area contributed by atoms with Crippen molar-refractivity contribution in [3.8, 4) is 56.5 Å². The first kappa shape index (κ1) is 103. The summed E-state index contributed by atoms with van der Waals surface area (Å²) in [6.45, 7) is 6.97. The SMILES string of the molecule is CC(=O)CCc1ccc(NC(=O)C2=CN=C(c3c(-c4ccc(F)cc4)ncn3C(F)(F)F)C2)c(Cl)c1.CCCc1ccc(NC(=O)C2=CN=C(c3c(-c4ccc(F)cc4)ncn3C(F)(F)F)C2)c(OC)c1.COc1cc(N2CCNCC2)ccc1NC(=O)C1=CN=C(c2c(-c3ccc(F)cc3)ncn2C(F)(F)F)C1.O=C(Nc1ccc(C(=O)O)cc1F)C1=CN=C(c2c(-c3ccc(F)cc3)ncn2C(F)(F)F)C1. The van der Waals surface area contributed by atoms with E-state index in [2.05, 4.69) is 78.3 Å². The zero-order valence-corrected chi connectivity index (χ0v) is 75.9. The van der Waals surface area contributed by atoms with Crippen molar-refractivity contribution in [3.63, 3.8) is 0 Å². The number of hydrogen-bond acceptors (Lipinski definition) is 18. The fourth-order valence-electron chi connectivity index (χ4n) is 15.3. The number of carbonyl (C=O) groups excluding carboxylic acids is 5. The molecule has 1 saturated heterocycles. The Morgan fingerprint density at radius 1 is 0.406 bits per heavy atom. The van der Waals surface area contributed by atoms with E-state index < -0.39 is 89.6 Å². The van der Waals surface area contributed by atoms with Crippen LogP contribution in [0.3, 0.4) is 0 Å². The third-order valence-corrected chi connectivity index (χ3v) is 22.6. The lowest BCUT2D eigenvalue weighted by atomic mass is 10.0. The number of benzene rings is 8. The molecule has 740 valence electrons. The van der Waals surface area contributed by atoms with Gasteiger partial charge in [0.2, 0.25) is 0 Å². The molecular weight excluding hydrogens is 1930 g/mol. The Morgan fingerprint density at radius 2 is 0.720 bits per heavy atom. The van der Waals surface area contributed by atoms with Gasteiger partial charge in [0.15, 0.2) is 0 Å². The smallest absolute Gasteiger partial charge is 0.490 e. The highest BCUT2D eigenvalue weighted by Crippen LogP contribution is 2.42. The molecule has 8 aromatic carbocycles. The van der Waals surface area contributed by atoms with E-state index >= 15 is 0 Å². The van der Waals surface area contributed by atoms with Crippen molar-refractivity contribution in [3.05, 3.63) is 316 Å². The Hall–Kier alpha value is -16.3. The standard InChI is InChI=1S/C26H24F4N6O2.C25H19ClF4N4O2.C25H22F4N4O2.C22H13F5N4O3/c1-38-22-13-19(35-10-8-31-9-11-35)6-7-20(22)34-25(37)17-12-21(32-14-17)24-23(16-2-4-18(27)5-3-16)33-15-36(24)26(28,29)30;1-14(35)2-3-15-4-9-20(19(26)10-15)33-24(36)17-11-21(31-12-17)23-22(16-5-7-18(27)8-6-16)32-13-34(23)25(28,29)30;1-3-4-15-5-10-19(21(11-15)35-2)32-24(34)17-12-20(30-13-17)23-22(16-6-8-18(26)9-7-16)31-14-33(23)25(27,28)29;23-14-4-1-11(2-5-14)18-19(31(10-29-18)22(25,26)27)17-8-13(9-28-17)20(32)30-16-6-3-12(21(33)34)7-15(16)24/h2-7,13-15,31H,8-12H2,1H3,(H,34,37);4-10,12-13H,2-3,11H2,1H3,(H,33,36);5-11,13-14H,3-4,12H2,1-2H3,(H,32,34);1-7,9-10H,8H2,(H,30,32)(H,33,34). The molecule has 17 rings (SSSR count). The molecule has 0 aliphatic carbocycles. The number of ketones is 1. The van der Waals surface area contributed by atoms with Crippen molar-refractivity contribution >= 4 is 98.3 Å². The summed E-state index contributed by atoms with van der Waals surface area (Å²) in [4.78, 5) is 107. The van der Waals surface area contributed by atoms with Crippen LogP contribution in [0.4, 0.5) is 103 Å². The summed E-state index contributed by atoms with van der Waals surface area (Å²) < 4.78 is 243. The van der Waals surface area contributed by atoms with Gasteiger partial charge >= 0.3 is 31.2 Å². The summed E-state index contributed by atoms with van der Waals surface area (Å²) >= 11 is 6.27. The average Bonchev–Trinajstić information content (AvgIpc) is 1.63. The maximum atomic E-state index is 14.1. The Balaban J connectivity index is 0.000000151. The van der Waals surface area contributed by atoms with Crippen LogP contribution in [-0.4, -0.2) is 142 Å². The molecule has 5 aliphatic rings. The highest BCUT2D eigenvalue weighted by molar-refractivity contribution is 6.34. The molecule has 0 saturated carbocycles. The van der Waals surface area contributed by atoms with Crippen molar-refractivity contribution < 1.29 is 118 Å². The van der Waals surface area contributed by atoms with Crippen molar-refractivity contribution in [2.24, 2.45) is 20.0 Å². The third kappa shape index (κ3) is 24.6. The number of nitrogens with one attached hydrogen (secondary N) is 5. The number of aliphatic imine (C=N–C) groups is 4. The Kier molecular flexibility index (Phi) is 31.3. The lowest BCUT2D eigenvalue weighted by Crippen LogP contribution is -2.43. The van der Waals surface area contributed by atoms with Gasteiger partial charge in [-0.3, -0.25) is 39.1 Å². The van der Waals surface area contributed by atoms with Crippen LogP contribution in [-0.2, 0) is 62.0 Å². The second-order valence-electron chi connectivity index (χ2n) is 32.0. The number of carboxylic acid groups (broad SMARTS) is 1. The molecule has 45 heteroatoms. The van der Waals surface area contributed by atoms with Gasteiger partial charge in [0, 0.05) is 139 Å². The number of methoxy groups -OCH3 is 2. The number of rotatable bonds is 25. The first-order chi connectivity index (χ1) is 68.0. The predicted molar refractivity (Wildman–Crippen MR) is 496 cm³/mol. The van der Waals surface area contributed by atoms with E-state index in [9.17, 15) is 103 Å². The molecule has 27 nitrogen and oxygen atoms in total. The molecule has 1 fully saturated rings. The van der Waals surface area contributed by atoms with Crippen LogP contribution in [0.1, 0.15) is 96.6 Å². The minimum Gasteiger partial charge on any atom is -0.495 e. The van der Waals surface area contributed by atoms with Gasteiger partial charge in [-0.2, -0.15) is 0 Å². The quantitative estimate of drug-likeness (QED) is 0.0290. The maximum absolute atomic E-state index is 14.1. The minimum atomic E-state index is -4.84. The number of imidazole rings is 4. The lowest BCUT2D eigenvalue weighted by molar-refractivity contribution is -0.205. The van der Waals surface area contributed by atoms with E-state index in [0.29, 0.717) is 77.8 Å². The van der Waals surface area contributed by atoms with Crippen LogP contribution in [0, 0.1) is 29.1 Å². The highest BCUT2D eigenvalue weighted by atomic mass is 35.5. The molecule has 143 heavy (non-hydrogen) atoms. The molecule has 0 spiro atoms. The fourth-order valence-corrected chi connectivity index (χ4v) is 15.5. The number of aromatic carboxylic acids is 1. The summed E-state index contributed by atoms with van der Waals surface area (Å²) in [6.07, 6.45) is -10.0.